The number of carbonyl (C=O) groups is 2. The van der Waals surface area contributed by atoms with Gasteiger partial charge < -0.3 is 10.6 Å². The van der Waals surface area contributed by atoms with Crippen LogP contribution >= 0.6 is 0 Å². The molecule has 0 saturated heterocycles. The summed E-state index contributed by atoms with van der Waals surface area (Å²) in [5, 5.41) is 6.04. The van der Waals surface area contributed by atoms with Gasteiger partial charge in [-0.1, -0.05) is 49.6 Å². The third-order valence-electron chi connectivity index (χ3n) is 4.55. The largest absolute Gasteiger partial charge is 0.353 e. The van der Waals surface area contributed by atoms with E-state index < -0.39 is 0 Å². The van der Waals surface area contributed by atoms with E-state index in [0.29, 0.717) is 5.92 Å². The molecule has 3 unspecified atom stereocenters. The molecule has 1 aliphatic carbocycles. The van der Waals surface area contributed by atoms with Crippen LogP contribution in [0.25, 0.3) is 0 Å². The molecule has 1 aromatic rings. The van der Waals surface area contributed by atoms with Crippen LogP contribution in [0.4, 0.5) is 0 Å². The predicted molar refractivity (Wildman–Crippen MR) is 91.9 cm³/mol. The summed E-state index contributed by atoms with van der Waals surface area (Å²) < 4.78 is 0. The SMILES string of the molecule is CC(=O)NC(CC(=O)NC1CCCC(C)C1)c1ccc(C)cc1. The zero-order valence-electron chi connectivity index (χ0n) is 14.4. The highest BCUT2D eigenvalue weighted by Crippen LogP contribution is 2.24. The second kappa shape index (κ2) is 8.14. The summed E-state index contributed by atoms with van der Waals surface area (Å²) >= 11 is 0. The highest BCUT2D eigenvalue weighted by atomic mass is 16.2. The minimum atomic E-state index is -0.269. The van der Waals surface area contributed by atoms with Crippen LogP contribution in [0.15, 0.2) is 24.3 Å². The van der Waals surface area contributed by atoms with Gasteiger partial charge in [0.25, 0.3) is 0 Å². The molecular formula is C19H28N2O2. The lowest BCUT2D eigenvalue weighted by Gasteiger charge is -2.28. The molecule has 23 heavy (non-hydrogen) atoms. The second-order valence-electron chi connectivity index (χ2n) is 6.90. The maximum Gasteiger partial charge on any atom is 0.222 e. The molecule has 2 amide bonds. The topological polar surface area (TPSA) is 58.2 Å². The predicted octanol–water partition coefficient (Wildman–Crippen LogP) is 3.26. The van der Waals surface area contributed by atoms with E-state index in [4.69, 9.17) is 0 Å². The van der Waals surface area contributed by atoms with Gasteiger partial charge in [-0.05, 0) is 31.2 Å². The van der Waals surface area contributed by atoms with Crippen molar-refractivity contribution in [3.8, 4) is 0 Å². The Hall–Kier alpha value is -1.84. The van der Waals surface area contributed by atoms with E-state index in [2.05, 4.69) is 17.6 Å². The highest BCUT2D eigenvalue weighted by molar-refractivity contribution is 5.79. The van der Waals surface area contributed by atoms with Gasteiger partial charge in [0.2, 0.25) is 11.8 Å². The fraction of sp³-hybridized carbons (Fsp3) is 0.579. The van der Waals surface area contributed by atoms with Crippen molar-refractivity contribution in [3.63, 3.8) is 0 Å². The standard InChI is InChI=1S/C19H28N2O2/c1-13-7-9-16(10-8-13)18(20-15(3)22)12-19(23)21-17-6-4-5-14(2)11-17/h7-10,14,17-18H,4-6,11-12H2,1-3H3,(H,20,22)(H,21,23). The van der Waals surface area contributed by atoms with Crippen LogP contribution in [0, 0.1) is 12.8 Å². The first-order valence-electron chi connectivity index (χ1n) is 8.57. The van der Waals surface area contributed by atoms with Gasteiger partial charge in [-0.25, -0.2) is 0 Å². The molecular weight excluding hydrogens is 288 g/mol. The second-order valence-corrected chi connectivity index (χ2v) is 6.90. The molecule has 1 fully saturated rings. The minimum Gasteiger partial charge on any atom is -0.353 e. The van der Waals surface area contributed by atoms with E-state index in [-0.39, 0.29) is 30.3 Å². The molecule has 0 radical (unpaired) electrons. The average Bonchev–Trinajstić information content (AvgIpc) is 2.46. The van der Waals surface area contributed by atoms with Crippen LogP contribution in [-0.4, -0.2) is 17.9 Å². The fourth-order valence-electron chi connectivity index (χ4n) is 3.33. The Morgan fingerprint density at radius 1 is 1.22 bits per heavy atom. The minimum absolute atomic E-state index is 0.0171. The Labute approximate surface area is 139 Å². The number of carbonyl (C=O) groups excluding carboxylic acids is 2. The summed E-state index contributed by atoms with van der Waals surface area (Å²) in [6.45, 7) is 5.75. The van der Waals surface area contributed by atoms with E-state index >= 15 is 0 Å². The normalized spacial score (nSPS) is 22.2. The molecule has 0 aromatic heterocycles. The molecule has 0 heterocycles. The molecule has 126 valence electrons. The van der Waals surface area contributed by atoms with Crippen molar-refractivity contribution in [1.82, 2.24) is 10.6 Å². The van der Waals surface area contributed by atoms with Crippen molar-refractivity contribution in [2.24, 2.45) is 5.92 Å². The molecule has 0 spiro atoms. The van der Waals surface area contributed by atoms with Gasteiger partial charge in [0.05, 0.1) is 12.5 Å². The first-order chi connectivity index (χ1) is 10.9. The van der Waals surface area contributed by atoms with Crippen LogP contribution in [-0.2, 0) is 9.59 Å². The first kappa shape index (κ1) is 17.5. The van der Waals surface area contributed by atoms with Crippen LogP contribution in [0.5, 0.6) is 0 Å². The Bertz CT molecular complexity index is 539. The smallest absolute Gasteiger partial charge is 0.222 e. The Balaban J connectivity index is 1.97. The summed E-state index contributed by atoms with van der Waals surface area (Å²) in [7, 11) is 0. The molecule has 1 aliphatic rings. The lowest BCUT2D eigenvalue weighted by molar-refractivity contribution is -0.123. The van der Waals surface area contributed by atoms with Gasteiger partial charge in [-0.3, -0.25) is 9.59 Å². The molecule has 0 bridgehead atoms. The third kappa shape index (κ3) is 5.70. The summed E-state index contributed by atoms with van der Waals surface area (Å²) in [6, 6.07) is 7.98. The lowest BCUT2D eigenvalue weighted by Crippen LogP contribution is -2.40. The molecule has 4 nitrogen and oxygen atoms in total. The Kier molecular flexibility index (Phi) is 6.20. The van der Waals surface area contributed by atoms with E-state index in [1.54, 1.807) is 0 Å². The number of nitrogens with one attached hydrogen (secondary N) is 2. The average molecular weight is 316 g/mol. The van der Waals surface area contributed by atoms with Gasteiger partial charge in [0, 0.05) is 13.0 Å². The van der Waals surface area contributed by atoms with Crippen molar-refractivity contribution in [1.29, 1.82) is 0 Å². The monoisotopic (exact) mass is 316 g/mol. The zero-order valence-corrected chi connectivity index (χ0v) is 14.4. The van der Waals surface area contributed by atoms with Crippen molar-refractivity contribution in [2.45, 2.75) is 65.0 Å². The van der Waals surface area contributed by atoms with Gasteiger partial charge in [-0.15, -0.1) is 0 Å². The van der Waals surface area contributed by atoms with Gasteiger partial charge in [0.1, 0.15) is 0 Å². The molecule has 1 saturated carbocycles. The molecule has 3 atom stereocenters. The fourth-order valence-corrected chi connectivity index (χ4v) is 3.33. The van der Waals surface area contributed by atoms with E-state index in [9.17, 15) is 9.59 Å². The van der Waals surface area contributed by atoms with Crippen molar-refractivity contribution >= 4 is 11.8 Å². The summed E-state index contributed by atoms with van der Waals surface area (Å²) in [4.78, 5) is 23.9. The van der Waals surface area contributed by atoms with Crippen LogP contribution < -0.4 is 10.6 Å². The molecule has 1 aromatic carbocycles. The van der Waals surface area contributed by atoms with E-state index in [1.165, 1.54) is 19.8 Å². The highest BCUT2D eigenvalue weighted by Gasteiger charge is 2.23. The molecule has 0 aliphatic heterocycles. The van der Waals surface area contributed by atoms with Crippen molar-refractivity contribution < 1.29 is 9.59 Å². The summed E-state index contributed by atoms with van der Waals surface area (Å²) in [5.74, 6) is 0.579. The number of benzene rings is 1. The maximum absolute atomic E-state index is 12.4. The zero-order chi connectivity index (χ0) is 16.8. The Morgan fingerprint density at radius 3 is 2.52 bits per heavy atom. The van der Waals surface area contributed by atoms with Crippen molar-refractivity contribution in [2.75, 3.05) is 0 Å². The number of hydrogen-bond acceptors (Lipinski definition) is 2. The number of amides is 2. The van der Waals surface area contributed by atoms with Crippen LogP contribution in [0.3, 0.4) is 0 Å². The number of hydrogen-bond donors (Lipinski definition) is 2. The summed E-state index contributed by atoms with van der Waals surface area (Å²) in [5.41, 5.74) is 2.13. The van der Waals surface area contributed by atoms with Gasteiger partial charge in [-0.2, -0.15) is 0 Å². The number of aryl methyl sites for hydroxylation is 1. The number of rotatable bonds is 5. The first-order valence-corrected chi connectivity index (χ1v) is 8.57. The maximum atomic E-state index is 12.4. The van der Waals surface area contributed by atoms with E-state index in [1.807, 2.05) is 31.2 Å². The molecule has 2 N–H and O–H groups in total. The van der Waals surface area contributed by atoms with E-state index in [0.717, 1.165) is 24.0 Å². The van der Waals surface area contributed by atoms with Crippen molar-refractivity contribution in [3.05, 3.63) is 35.4 Å². The van der Waals surface area contributed by atoms with Gasteiger partial charge in [0.15, 0.2) is 0 Å². The summed E-state index contributed by atoms with van der Waals surface area (Å²) in [6.07, 6.45) is 4.84. The quantitative estimate of drug-likeness (QED) is 0.876. The lowest BCUT2D eigenvalue weighted by atomic mass is 9.87. The third-order valence-corrected chi connectivity index (χ3v) is 4.55. The van der Waals surface area contributed by atoms with Crippen LogP contribution in [0.2, 0.25) is 0 Å². The van der Waals surface area contributed by atoms with Gasteiger partial charge >= 0.3 is 0 Å². The molecule has 2 rings (SSSR count). The molecule has 4 heteroatoms. The Morgan fingerprint density at radius 2 is 1.91 bits per heavy atom. The van der Waals surface area contributed by atoms with Crippen LogP contribution in [0.1, 0.15) is 63.1 Å².